The van der Waals surface area contributed by atoms with Crippen molar-refractivity contribution in [1.29, 1.82) is 0 Å². The highest BCUT2D eigenvalue weighted by atomic mass is 16.4. The van der Waals surface area contributed by atoms with E-state index in [4.69, 9.17) is 5.11 Å². The predicted molar refractivity (Wildman–Crippen MR) is 79.6 cm³/mol. The molecule has 0 aliphatic heterocycles. The van der Waals surface area contributed by atoms with Crippen LogP contribution >= 0.6 is 0 Å². The van der Waals surface area contributed by atoms with E-state index < -0.39 is 5.97 Å². The molecule has 6 nitrogen and oxygen atoms in total. The van der Waals surface area contributed by atoms with Gasteiger partial charge in [-0.2, -0.15) is 0 Å². The number of amides is 1. The van der Waals surface area contributed by atoms with E-state index in [0.717, 1.165) is 0 Å². The zero-order valence-corrected chi connectivity index (χ0v) is 12.4. The second-order valence-corrected chi connectivity index (χ2v) is 4.78. The second kappa shape index (κ2) is 10.2. The molecule has 0 aromatic carbocycles. The summed E-state index contributed by atoms with van der Waals surface area (Å²) in [6.45, 7) is 9.25. The van der Waals surface area contributed by atoms with Crippen molar-refractivity contribution in [2.45, 2.75) is 0 Å². The van der Waals surface area contributed by atoms with E-state index in [9.17, 15) is 9.59 Å². The van der Waals surface area contributed by atoms with Crippen LogP contribution in [0.2, 0.25) is 0 Å². The minimum absolute atomic E-state index is 0.0851. The molecule has 0 heterocycles. The Balaban J connectivity index is 4.57. The number of hydrogen-bond acceptors (Lipinski definition) is 4. The molecule has 20 heavy (non-hydrogen) atoms. The monoisotopic (exact) mass is 283 g/mol. The van der Waals surface area contributed by atoms with Crippen LogP contribution in [0.1, 0.15) is 0 Å². The predicted octanol–water partition coefficient (Wildman–Crippen LogP) is 0.135. The molecule has 1 amide bonds. The zero-order valence-electron chi connectivity index (χ0n) is 12.4. The maximum atomic E-state index is 12.1. The fraction of sp³-hybridized carbons (Fsp3) is 0.571. The summed E-state index contributed by atoms with van der Waals surface area (Å²) in [7, 11) is 3.81. The number of carboxylic acids is 1. The van der Waals surface area contributed by atoms with E-state index in [1.54, 1.807) is 22.0 Å². The van der Waals surface area contributed by atoms with Gasteiger partial charge in [-0.05, 0) is 14.1 Å². The number of carbonyl (C=O) groups is 2. The van der Waals surface area contributed by atoms with Gasteiger partial charge in [0.2, 0.25) is 5.91 Å². The van der Waals surface area contributed by atoms with E-state index in [1.165, 1.54) is 0 Å². The smallest absolute Gasteiger partial charge is 0.317 e. The molecule has 0 unspecified atom stereocenters. The lowest BCUT2D eigenvalue weighted by atomic mass is 10.3. The lowest BCUT2D eigenvalue weighted by molar-refractivity contribution is -0.139. The van der Waals surface area contributed by atoms with Crippen LogP contribution in [0.4, 0.5) is 0 Å². The van der Waals surface area contributed by atoms with Gasteiger partial charge in [0.15, 0.2) is 0 Å². The Morgan fingerprint density at radius 1 is 1.05 bits per heavy atom. The minimum Gasteiger partial charge on any atom is -0.480 e. The fourth-order valence-corrected chi connectivity index (χ4v) is 1.63. The Bertz CT molecular complexity index is 333. The first-order valence-electron chi connectivity index (χ1n) is 6.49. The minimum atomic E-state index is -0.935. The van der Waals surface area contributed by atoms with Gasteiger partial charge in [-0.1, -0.05) is 12.2 Å². The molecule has 0 aliphatic carbocycles. The van der Waals surface area contributed by atoms with Crippen LogP contribution in [-0.4, -0.2) is 85.0 Å². The van der Waals surface area contributed by atoms with Crippen LogP contribution in [0.5, 0.6) is 0 Å². The van der Waals surface area contributed by atoms with Crippen LogP contribution in [0, 0.1) is 0 Å². The molecule has 0 fully saturated rings. The van der Waals surface area contributed by atoms with E-state index in [0.29, 0.717) is 26.2 Å². The fourth-order valence-electron chi connectivity index (χ4n) is 1.63. The third-order valence-corrected chi connectivity index (χ3v) is 2.63. The summed E-state index contributed by atoms with van der Waals surface area (Å²) in [6.07, 6.45) is 3.28. The topological polar surface area (TPSA) is 64.1 Å². The van der Waals surface area contributed by atoms with Gasteiger partial charge in [0.25, 0.3) is 0 Å². The molecule has 0 bridgehead atoms. The second-order valence-electron chi connectivity index (χ2n) is 4.78. The van der Waals surface area contributed by atoms with Crippen molar-refractivity contribution < 1.29 is 14.7 Å². The standard InChI is InChI=1S/C14H25N3O3/c1-5-7-17(8-6-2)13(18)11-16(12-14(19)20)10-9-15(3)4/h5-6H,1-2,7-12H2,3-4H3,(H,19,20). The summed E-state index contributed by atoms with van der Waals surface area (Å²) >= 11 is 0. The highest BCUT2D eigenvalue weighted by molar-refractivity contribution is 5.79. The van der Waals surface area contributed by atoms with Gasteiger partial charge in [-0.15, -0.1) is 13.2 Å². The van der Waals surface area contributed by atoms with E-state index >= 15 is 0 Å². The molecule has 0 aromatic heterocycles. The number of carbonyl (C=O) groups excluding carboxylic acids is 1. The van der Waals surface area contributed by atoms with Crippen LogP contribution < -0.4 is 0 Å². The Kier molecular flexibility index (Phi) is 9.32. The van der Waals surface area contributed by atoms with Gasteiger partial charge >= 0.3 is 5.97 Å². The van der Waals surface area contributed by atoms with Crippen molar-refractivity contribution in [1.82, 2.24) is 14.7 Å². The Morgan fingerprint density at radius 3 is 2.00 bits per heavy atom. The first-order chi connectivity index (χ1) is 9.40. The normalized spacial score (nSPS) is 10.6. The summed E-state index contributed by atoms with van der Waals surface area (Å²) in [4.78, 5) is 28.2. The average Bonchev–Trinajstić information content (AvgIpc) is 2.34. The van der Waals surface area contributed by atoms with Crippen LogP contribution in [0.3, 0.4) is 0 Å². The summed E-state index contributed by atoms with van der Waals surface area (Å²) in [6, 6.07) is 0. The van der Waals surface area contributed by atoms with Gasteiger partial charge in [0, 0.05) is 26.2 Å². The highest BCUT2D eigenvalue weighted by Crippen LogP contribution is 1.97. The molecule has 1 N–H and O–H groups in total. The van der Waals surface area contributed by atoms with Crippen molar-refractivity contribution in [3.8, 4) is 0 Å². The molecule has 0 saturated heterocycles. The summed E-state index contributed by atoms with van der Waals surface area (Å²) < 4.78 is 0. The molecule has 0 radical (unpaired) electrons. The van der Waals surface area contributed by atoms with E-state index in [2.05, 4.69) is 13.2 Å². The van der Waals surface area contributed by atoms with E-state index in [1.807, 2.05) is 19.0 Å². The third kappa shape index (κ3) is 8.44. The Hall–Kier alpha value is -1.66. The van der Waals surface area contributed by atoms with Gasteiger partial charge in [-0.3, -0.25) is 14.5 Å². The molecule has 0 saturated carbocycles. The number of rotatable bonds is 11. The van der Waals surface area contributed by atoms with Crippen molar-refractivity contribution >= 4 is 11.9 Å². The van der Waals surface area contributed by atoms with Gasteiger partial charge < -0.3 is 14.9 Å². The third-order valence-electron chi connectivity index (χ3n) is 2.63. The van der Waals surface area contributed by atoms with Gasteiger partial charge in [0.05, 0.1) is 13.1 Å². The quantitative estimate of drug-likeness (QED) is 0.546. The molecule has 0 atom stereocenters. The van der Waals surface area contributed by atoms with Crippen molar-refractivity contribution in [2.75, 3.05) is 53.4 Å². The molecule has 0 aliphatic rings. The Labute approximate surface area is 121 Å². The molecule has 0 spiro atoms. The SMILES string of the molecule is C=CCN(CC=C)C(=O)CN(CCN(C)C)CC(=O)O. The lowest BCUT2D eigenvalue weighted by Crippen LogP contribution is -2.44. The molecule has 114 valence electrons. The average molecular weight is 283 g/mol. The first-order valence-corrected chi connectivity index (χ1v) is 6.49. The zero-order chi connectivity index (χ0) is 15.5. The van der Waals surface area contributed by atoms with Crippen LogP contribution in [0.25, 0.3) is 0 Å². The van der Waals surface area contributed by atoms with Gasteiger partial charge in [0.1, 0.15) is 0 Å². The maximum Gasteiger partial charge on any atom is 0.317 e. The Morgan fingerprint density at radius 2 is 1.60 bits per heavy atom. The summed E-state index contributed by atoms with van der Waals surface area (Å²) in [5, 5.41) is 8.89. The maximum absolute atomic E-state index is 12.1. The number of nitrogens with zero attached hydrogens (tertiary/aromatic N) is 3. The molecular formula is C14H25N3O3. The number of aliphatic carboxylic acids is 1. The summed E-state index contributed by atoms with van der Waals surface area (Å²) in [5.41, 5.74) is 0. The van der Waals surface area contributed by atoms with Crippen molar-refractivity contribution in [2.24, 2.45) is 0 Å². The first kappa shape index (κ1) is 18.3. The molecule has 0 aromatic rings. The number of carboxylic acid groups (broad SMARTS) is 1. The lowest BCUT2D eigenvalue weighted by Gasteiger charge is -2.26. The van der Waals surface area contributed by atoms with Crippen LogP contribution in [-0.2, 0) is 9.59 Å². The van der Waals surface area contributed by atoms with E-state index in [-0.39, 0.29) is 19.0 Å². The molecule has 6 heteroatoms. The highest BCUT2D eigenvalue weighted by Gasteiger charge is 2.17. The van der Waals surface area contributed by atoms with Gasteiger partial charge in [-0.25, -0.2) is 0 Å². The van der Waals surface area contributed by atoms with Crippen molar-refractivity contribution in [3.63, 3.8) is 0 Å². The largest absolute Gasteiger partial charge is 0.480 e. The van der Waals surface area contributed by atoms with Crippen molar-refractivity contribution in [3.05, 3.63) is 25.3 Å². The molecular weight excluding hydrogens is 258 g/mol. The van der Waals surface area contributed by atoms with Crippen LogP contribution in [0.15, 0.2) is 25.3 Å². The number of hydrogen-bond donors (Lipinski definition) is 1. The summed E-state index contributed by atoms with van der Waals surface area (Å²) in [5.74, 6) is -1.06. The number of likely N-dealkylation sites (N-methyl/N-ethyl adjacent to an activating group) is 1. The molecule has 0 rings (SSSR count).